The molecule has 1 saturated heterocycles. The van der Waals surface area contributed by atoms with E-state index in [1.165, 1.54) is 4.68 Å². The summed E-state index contributed by atoms with van der Waals surface area (Å²) in [6.45, 7) is 3.84. The summed E-state index contributed by atoms with van der Waals surface area (Å²) >= 11 is 6.33. The average Bonchev–Trinajstić information content (AvgIpc) is 3.03. The monoisotopic (exact) mass is 400 g/mol. The number of likely N-dealkylation sites (tertiary alicyclic amines) is 1. The maximum absolute atomic E-state index is 11.6. The topological polar surface area (TPSA) is 71.6 Å². The number of rotatable bonds is 4. The largest absolute Gasteiger partial charge is 0.441 e. The van der Waals surface area contributed by atoms with Gasteiger partial charge in [0.15, 0.2) is 0 Å². The zero-order valence-corrected chi connectivity index (χ0v) is 16.3. The van der Waals surface area contributed by atoms with Gasteiger partial charge in [0, 0.05) is 37.6 Å². The van der Waals surface area contributed by atoms with E-state index >= 15 is 0 Å². The molecule has 9 heteroatoms. The predicted molar refractivity (Wildman–Crippen MR) is 101 cm³/mol. The summed E-state index contributed by atoms with van der Waals surface area (Å²) in [5.41, 5.74) is 1.54. The van der Waals surface area contributed by atoms with Crippen LogP contribution in [0, 0.1) is 0 Å². The Hall–Kier alpha value is -1.83. The van der Waals surface area contributed by atoms with Crippen LogP contribution in [-0.2, 0) is 11.3 Å². The van der Waals surface area contributed by atoms with Crippen molar-refractivity contribution in [2.45, 2.75) is 32.4 Å². The fourth-order valence-electron chi connectivity index (χ4n) is 3.22. The number of piperidine rings is 1. The van der Waals surface area contributed by atoms with Crippen molar-refractivity contribution < 1.29 is 9.21 Å². The molecule has 0 unspecified atom stereocenters. The first kappa shape index (κ1) is 20.5. The van der Waals surface area contributed by atoms with E-state index in [0.717, 1.165) is 37.9 Å². The van der Waals surface area contributed by atoms with Crippen LogP contribution in [0.2, 0.25) is 5.02 Å². The molecule has 1 aromatic heterocycles. The highest BCUT2D eigenvalue weighted by Crippen LogP contribution is 2.23. The minimum Gasteiger partial charge on any atom is -0.395 e. The predicted octanol–water partition coefficient (Wildman–Crippen LogP) is 2.34. The molecule has 0 bridgehead atoms. The van der Waals surface area contributed by atoms with Gasteiger partial charge in [0.25, 0.3) is 0 Å². The Kier molecular flexibility index (Phi) is 6.86. The Bertz CT molecular complexity index is 812. The lowest BCUT2D eigenvalue weighted by Gasteiger charge is -2.36. The molecule has 1 fully saturated rings. The van der Waals surface area contributed by atoms with Crippen molar-refractivity contribution in [2.24, 2.45) is 0 Å². The summed E-state index contributed by atoms with van der Waals surface area (Å²) in [4.78, 5) is 27.2. The second-order valence-electron chi connectivity index (χ2n) is 6.34. The molecule has 7 nitrogen and oxygen atoms in total. The van der Waals surface area contributed by atoms with E-state index in [1.54, 1.807) is 19.1 Å². The number of aromatic nitrogens is 2. The van der Waals surface area contributed by atoms with Gasteiger partial charge in [-0.25, -0.2) is 4.79 Å². The van der Waals surface area contributed by atoms with Gasteiger partial charge >= 0.3 is 5.76 Å². The molecule has 0 aliphatic carbocycles. The minimum absolute atomic E-state index is 0. The lowest BCUT2D eigenvalue weighted by molar-refractivity contribution is -0.130. The molecule has 0 N–H and O–H groups in total. The normalized spacial score (nSPS) is 15.2. The van der Waals surface area contributed by atoms with Crippen molar-refractivity contribution in [2.75, 3.05) is 20.1 Å². The van der Waals surface area contributed by atoms with Crippen LogP contribution >= 0.6 is 24.0 Å². The summed E-state index contributed by atoms with van der Waals surface area (Å²) in [7, 11) is 2.05. The molecule has 0 saturated carbocycles. The lowest BCUT2D eigenvalue weighted by atomic mass is 10.0. The van der Waals surface area contributed by atoms with Gasteiger partial charge in [0.05, 0.1) is 5.69 Å². The second kappa shape index (κ2) is 8.70. The highest BCUT2D eigenvalue weighted by atomic mass is 35.5. The fraction of sp³-hybridized carbons (Fsp3) is 0.471. The molecule has 0 spiro atoms. The van der Waals surface area contributed by atoms with E-state index in [9.17, 15) is 9.59 Å². The van der Waals surface area contributed by atoms with Crippen LogP contribution in [0.4, 0.5) is 0 Å². The second-order valence-corrected chi connectivity index (χ2v) is 6.75. The number of nitrogens with zero attached hydrogens (tertiary/aromatic N) is 4. The Morgan fingerprint density at radius 1 is 1.38 bits per heavy atom. The smallest absolute Gasteiger partial charge is 0.395 e. The summed E-state index contributed by atoms with van der Waals surface area (Å²) in [6, 6.07) is 5.75. The molecule has 2 aromatic rings. The van der Waals surface area contributed by atoms with Crippen LogP contribution in [-0.4, -0.2) is 51.7 Å². The van der Waals surface area contributed by atoms with E-state index in [0.29, 0.717) is 23.3 Å². The molecule has 1 aliphatic heterocycles. The molecule has 0 atom stereocenters. The van der Waals surface area contributed by atoms with E-state index < -0.39 is 5.76 Å². The third-order valence-electron chi connectivity index (χ3n) is 4.72. The first-order valence-corrected chi connectivity index (χ1v) is 8.61. The summed E-state index contributed by atoms with van der Waals surface area (Å²) in [6.07, 6.45) is 3.00. The van der Waals surface area contributed by atoms with Gasteiger partial charge in [0.1, 0.15) is 0 Å². The van der Waals surface area contributed by atoms with Gasteiger partial charge in [-0.05, 0) is 43.7 Å². The minimum atomic E-state index is -0.529. The highest BCUT2D eigenvalue weighted by molar-refractivity contribution is 6.31. The van der Waals surface area contributed by atoms with Gasteiger partial charge in [-0.3, -0.25) is 9.69 Å². The Balaban J connectivity index is 0.00000243. The first-order chi connectivity index (χ1) is 12.0. The Morgan fingerprint density at radius 2 is 2.08 bits per heavy atom. The SMILES string of the molecule is CC(=O)N1CCC(N(C)Cc2cc(-n3ncoc3=O)ccc2Cl)CC1.Cl. The zero-order chi connectivity index (χ0) is 18.0. The van der Waals surface area contributed by atoms with Crippen molar-refractivity contribution in [3.8, 4) is 5.69 Å². The fourth-order valence-corrected chi connectivity index (χ4v) is 3.40. The van der Waals surface area contributed by atoms with Crippen molar-refractivity contribution in [1.82, 2.24) is 19.6 Å². The third kappa shape index (κ3) is 4.47. The van der Waals surface area contributed by atoms with E-state index in [-0.39, 0.29) is 18.3 Å². The standard InChI is InChI=1S/C17H21ClN4O3.ClH/c1-12(23)21-7-5-14(6-8-21)20(2)10-13-9-15(3-4-16(13)18)22-17(24)25-11-19-22;/h3-4,9,11,14H,5-8,10H2,1-2H3;1H. The van der Waals surface area contributed by atoms with Crippen LogP contribution in [0.1, 0.15) is 25.3 Å². The van der Waals surface area contributed by atoms with E-state index in [1.807, 2.05) is 11.0 Å². The number of benzene rings is 1. The number of halogens is 2. The Labute approximate surface area is 162 Å². The van der Waals surface area contributed by atoms with Crippen molar-refractivity contribution in [1.29, 1.82) is 0 Å². The number of carbonyl (C=O) groups excluding carboxylic acids is 1. The quantitative estimate of drug-likeness (QED) is 0.787. The van der Waals surface area contributed by atoms with Crippen LogP contribution in [0.25, 0.3) is 5.69 Å². The first-order valence-electron chi connectivity index (χ1n) is 8.23. The van der Waals surface area contributed by atoms with E-state index in [4.69, 9.17) is 16.0 Å². The number of amides is 1. The third-order valence-corrected chi connectivity index (χ3v) is 5.08. The number of hydrogen-bond donors (Lipinski definition) is 0. The highest BCUT2D eigenvalue weighted by Gasteiger charge is 2.24. The molecule has 1 amide bonds. The van der Waals surface area contributed by atoms with Gasteiger partial charge < -0.3 is 9.32 Å². The van der Waals surface area contributed by atoms with Gasteiger partial charge in [-0.15, -0.1) is 17.5 Å². The molecule has 1 aromatic carbocycles. The maximum atomic E-state index is 11.6. The molecular formula is C17H22Cl2N4O3. The van der Waals surface area contributed by atoms with Gasteiger partial charge in [-0.1, -0.05) is 11.6 Å². The number of hydrogen-bond acceptors (Lipinski definition) is 5. The van der Waals surface area contributed by atoms with Crippen LogP contribution < -0.4 is 5.76 Å². The molecule has 2 heterocycles. The van der Waals surface area contributed by atoms with Crippen LogP contribution in [0.15, 0.2) is 33.8 Å². The van der Waals surface area contributed by atoms with Gasteiger partial charge in [0.2, 0.25) is 12.3 Å². The number of carbonyl (C=O) groups is 1. The molecular weight excluding hydrogens is 379 g/mol. The maximum Gasteiger partial charge on any atom is 0.441 e. The average molecular weight is 401 g/mol. The summed E-state index contributed by atoms with van der Waals surface area (Å²) in [5, 5.41) is 4.54. The molecule has 1 aliphatic rings. The molecule has 142 valence electrons. The summed E-state index contributed by atoms with van der Waals surface area (Å²) in [5.74, 6) is -0.395. The Morgan fingerprint density at radius 3 is 2.65 bits per heavy atom. The summed E-state index contributed by atoms with van der Waals surface area (Å²) < 4.78 is 5.91. The van der Waals surface area contributed by atoms with Crippen molar-refractivity contribution >= 4 is 29.9 Å². The van der Waals surface area contributed by atoms with Gasteiger partial charge in [-0.2, -0.15) is 4.68 Å². The zero-order valence-electron chi connectivity index (χ0n) is 14.7. The molecule has 3 rings (SSSR count). The van der Waals surface area contributed by atoms with Crippen LogP contribution in [0.3, 0.4) is 0 Å². The van der Waals surface area contributed by atoms with Crippen molar-refractivity contribution in [3.05, 3.63) is 45.7 Å². The molecule has 0 radical (unpaired) electrons. The lowest BCUT2D eigenvalue weighted by Crippen LogP contribution is -2.44. The van der Waals surface area contributed by atoms with Crippen LogP contribution in [0.5, 0.6) is 0 Å². The van der Waals surface area contributed by atoms with Crippen molar-refractivity contribution in [3.63, 3.8) is 0 Å². The molecule has 26 heavy (non-hydrogen) atoms. The van der Waals surface area contributed by atoms with E-state index in [2.05, 4.69) is 17.0 Å².